The summed E-state index contributed by atoms with van der Waals surface area (Å²) in [6, 6.07) is 6.72. The molecular weight excluding hydrogens is 338 g/mol. The van der Waals surface area contributed by atoms with Crippen LogP contribution in [-0.4, -0.2) is 32.6 Å². The topological polar surface area (TPSA) is 110 Å². The second-order valence-corrected chi connectivity index (χ2v) is 6.32. The minimum Gasteiger partial charge on any atom is -0.324 e. The number of para-hydroxylation sites is 2. The Hall–Kier alpha value is -3.23. The minimum absolute atomic E-state index is 0.0843. The van der Waals surface area contributed by atoms with Gasteiger partial charge in [-0.15, -0.1) is 0 Å². The lowest BCUT2D eigenvalue weighted by atomic mass is 10.1. The molecule has 0 aliphatic carbocycles. The molecule has 0 saturated carbocycles. The first-order valence-electron chi connectivity index (χ1n) is 8.19. The molecule has 2 amide bonds. The fraction of sp³-hybridized carbons (Fsp3) is 0.353. The minimum atomic E-state index is -0.495. The second kappa shape index (κ2) is 6.58. The molecule has 26 heavy (non-hydrogen) atoms. The summed E-state index contributed by atoms with van der Waals surface area (Å²) >= 11 is 0. The van der Waals surface area contributed by atoms with Crippen LogP contribution in [-0.2, 0) is 16.1 Å². The first-order valence-corrected chi connectivity index (χ1v) is 8.19. The summed E-state index contributed by atoms with van der Waals surface area (Å²) in [5.74, 6) is -0.455. The Balaban J connectivity index is 1.96. The van der Waals surface area contributed by atoms with Gasteiger partial charge in [0.15, 0.2) is 0 Å². The Morgan fingerprint density at radius 3 is 2.73 bits per heavy atom. The number of aromatic nitrogens is 2. The van der Waals surface area contributed by atoms with Crippen molar-refractivity contribution >= 4 is 28.9 Å². The van der Waals surface area contributed by atoms with Crippen LogP contribution in [0.1, 0.15) is 24.7 Å². The third-order valence-corrected chi connectivity index (χ3v) is 4.44. The van der Waals surface area contributed by atoms with E-state index in [9.17, 15) is 19.7 Å². The van der Waals surface area contributed by atoms with Crippen LogP contribution in [0.25, 0.3) is 0 Å². The number of hydrogen-bond donors (Lipinski definition) is 1. The number of fused-ring (bicyclic) bond motifs is 1. The van der Waals surface area contributed by atoms with Gasteiger partial charge < -0.3 is 10.2 Å². The largest absolute Gasteiger partial charge is 0.324 e. The molecule has 0 fully saturated rings. The standard InChI is InChI=1S/C17H19N5O4/c1-10-8-15(23)18-13-6-4-5-7-14(13)21(10)16(24)9-20-12(3)17(22(25)26)11(2)19-20/h4-7,10H,8-9H2,1-3H3,(H,18,23)/t10-/m1/s1. The van der Waals surface area contributed by atoms with Crippen LogP contribution in [0.2, 0.25) is 0 Å². The summed E-state index contributed by atoms with van der Waals surface area (Å²) < 4.78 is 1.34. The number of carbonyl (C=O) groups excluding carboxylic acids is 2. The fourth-order valence-electron chi connectivity index (χ4n) is 3.28. The first kappa shape index (κ1) is 17.6. The van der Waals surface area contributed by atoms with E-state index in [1.54, 1.807) is 49.9 Å². The van der Waals surface area contributed by atoms with Gasteiger partial charge in [0.05, 0.1) is 16.3 Å². The maximum Gasteiger partial charge on any atom is 0.312 e. The predicted molar refractivity (Wildman–Crippen MR) is 95.0 cm³/mol. The molecule has 3 rings (SSSR count). The van der Waals surface area contributed by atoms with Gasteiger partial charge >= 0.3 is 5.69 Å². The summed E-state index contributed by atoms with van der Waals surface area (Å²) in [7, 11) is 0. The van der Waals surface area contributed by atoms with E-state index in [1.165, 1.54) is 4.68 Å². The summed E-state index contributed by atoms with van der Waals surface area (Å²) in [5, 5.41) is 18.1. The molecule has 0 spiro atoms. The van der Waals surface area contributed by atoms with Gasteiger partial charge in [-0.3, -0.25) is 24.4 Å². The van der Waals surface area contributed by atoms with Crippen LogP contribution in [0.3, 0.4) is 0 Å². The molecule has 0 radical (unpaired) electrons. The molecule has 136 valence electrons. The van der Waals surface area contributed by atoms with Crippen molar-refractivity contribution in [3.8, 4) is 0 Å². The number of rotatable bonds is 3. The van der Waals surface area contributed by atoms with Crippen LogP contribution in [0.5, 0.6) is 0 Å². The quantitative estimate of drug-likeness (QED) is 0.668. The second-order valence-electron chi connectivity index (χ2n) is 6.32. The molecular formula is C17H19N5O4. The SMILES string of the molecule is Cc1nn(CC(=O)N2c3ccccc3NC(=O)C[C@H]2C)c(C)c1[N+](=O)[O-]. The molecule has 1 aliphatic rings. The average molecular weight is 357 g/mol. The molecule has 9 nitrogen and oxygen atoms in total. The summed E-state index contributed by atoms with van der Waals surface area (Å²) in [4.78, 5) is 37.2. The van der Waals surface area contributed by atoms with Crippen molar-refractivity contribution in [2.24, 2.45) is 0 Å². The maximum atomic E-state index is 13.0. The van der Waals surface area contributed by atoms with E-state index >= 15 is 0 Å². The molecule has 0 unspecified atom stereocenters. The number of carbonyl (C=O) groups is 2. The van der Waals surface area contributed by atoms with E-state index in [0.717, 1.165) is 0 Å². The zero-order chi connectivity index (χ0) is 19.0. The summed E-state index contributed by atoms with van der Waals surface area (Å²) in [6.45, 7) is 4.76. The smallest absolute Gasteiger partial charge is 0.312 e. The van der Waals surface area contributed by atoms with E-state index in [0.29, 0.717) is 17.1 Å². The lowest BCUT2D eigenvalue weighted by Crippen LogP contribution is -2.41. The van der Waals surface area contributed by atoms with Crippen LogP contribution < -0.4 is 10.2 Å². The lowest BCUT2D eigenvalue weighted by molar-refractivity contribution is -0.386. The van der Waals surface area contributed by atoms with Gasteiger partial charge in [0.25, 0.3) is 0 Å². The van der Waals surface area contributed by atoms with Crippen molar-refractivity contribution in [2.75, 3.05) is 10.2 Å². The number of anilines is 2. The van der Waals surface area contributed by atoms with E-state index in [4.69, 9.17) is 0 Å². The number of benzene rings is 1. The van der Waals surface area contributed by atoms with Crippen LogP contribution in [0.15, 0.2) is 24.3 Å². The Morgan fingerprint density at radius 1 is 1.38 bits per heavy atom. The predicted octanol–water partition coefficient (Wildman–Crippen LogP) is 2.17. The van der Waals surface area contributed by atoms with Crippen molar-refractivity contribution in [1.29, 1.82) is 0 Å². The van der Waals surface area contributed by atoms with Crippen LogP contribution in [0.4, 0.5) is 17.1 Å². The Morgan fingerprint density at radius 2 is 2.08 bits per heavy atom. The zero-order valence-corrected chi connectivity index (χ0v) is 14.7. The van der Waals surface area contributed by atoms with E-state index in [2.05, 4.69) is 10.4 Å². The number of nitrogens with zero attached hydrogens (tertiary/aromatic N) is 4. The Labute approximate surface area is 149 Å². The van der Waals surface area contributed by atoms with Gasteiger partial charge in [0.1, 0.15) is 17.9 Å². The van der Waals surface area contributed by atoms with Crippen LogP contribution in [0, 0.1) is 24.0 Å². The molecule has 9 heteroatoms. The number of nitrogens with one attached hydrogen (secondary N) is 1. The van der Waals surface area contributed by atoms with Gasteiger partial charge in [-0.2, -0.15) is 5.10 Å². The molecule has 1 aromatic carbocycles. The third kappa shape index (κ3) is 3.03. The Kier molecular flexibility index (Phi) is 4.45. The van der Waals surface area contributed by atoms with Crippen LogP contribution >= 0.6 is 0 Å². The summed E-state index contributed by atoms with van der Waals surface area (Å²) in [5.41, 5.74) is 1.67. The van der Waals surface area contributed by atoms with Crippen molar-refractivity contribution in [2.45, 2.75) is 39.8 Å². The lowest BCUT2D eigenvalue weighted by Gasteiger charge is -2.28. The van der Waals surface area contributed by atoms with Crippen molar-refractivity contribution < 1.29 is 14.5 Å². The molecule has 0 saturated heterocycles. The first-order chi connectivity index (χ1) is 12.3. The zero-order valence-electron chi connectivity index (χ0n) is 14.7. The number of nitro groups is 1. The third-order valence-electron chi connectivity index (χ3n) is 4.44. The maximum absolute atomic E-state index is 13.0. The monoisotopic (exact) mass is 357 g/mol. The number of amides is 2. The highest BCUT2D eigenvalue weighted by molar-refractivity contribution is 6.04. The molecule has 1 aliphatic heterocycles. The molecule has 0 bridgehead atoms. The van der Waals surface area contributed by atoms with E-state index in [-0.39, 0.29) is 42.2 Å². The number of aryl methyl sites for hydroxylation is 1. The molecule has 1 atom stereocenters. The average Bonchev–Trinajstić information content (AvgIpc) is 2.75. The molecule has 2 aromatic rings. The molecule has 1 aromatic heterocycles. The van der Waals surface area contributed by atoms with E-state index < -0.39 is 4.92 Å². The fourth-order valence-corrected chi connectivity index (χ4v) is 3.28. The molecule has 2 heterocycles. The van der Waals surface area contributed by atoms with Gasteiger partial charge in [-0.25, -0.2) is 0 Å². The highest BCUT2D eigenvalue weighted by Gasteiger charge is 2.31. The van der Waals surface area contributed by atoms with Gasteiger partial charge in [0, 0.05) is 12.5 Å². The van der Waals surface area contributed by atoms with Gasteiger partial charge in [-0.1, -0.05) is 12.1 Å². The Bertz CT molecular complexity index is 905. The number of hydrogen-bond acceptors (Lipinski definition) is 5. The van der Waals surface area contributed by atoms with Crippen molar-refractivity contribution in [3.63, 3.8) is 0 Å². The normalized spacial score (nSPS) is 16.7. The molecule has 1 N–H and O–H groups in total. The highest BCUT2D eigenvalue weighted by atomic mass is 16.6. The highest BCUT2D eigenvalue weighted by Crippen LogP contribution is 2.31. The van der Waals surface area contributed by atoms with Crippen molar-refractivity contribution in [1.82, 2.24) is 9.78 Å². The summed E-state index contributed by atoms with van der Waals surface area (Å²) in [6.07, 6.45) is 0.164. The van der Waals surface area contributed by atoms with Crippen molar-refractivity contribution in [3.05, 3.63) is 45.8 Å². The van der Waals surface area contributed by atoms with Gasteiger partial charge in [0.2, 0.25) is 11.8 Å². The van der Waals surface area contributed by atoms with Gasteiger partial charge in [-0.05, 0) is 32.9 Å². The van der Waals surface area contributed by atoms with E-state index in [1.807, 2.05) is 0 Å².